The Hall–Kier alpha value is -2.64. The molecule has 0 unspecified atom stereocenters. The molecule has 1 fully saturated rings. The van der Waals surface area contributed by atoms with E-state index in [1.54, 1.807) is 18.0 Å². The van der Waals surface area contributed by atoms with Crippen LogP contribution in [-0.2, 0) is 6.42 Å². The first kappa shape index (κ1) is 20.3. The van der Waals surface area contributed by atoms with E-state index in [1.807, 2.05) is 18.3 Å². The highest BCUT2D eigenvalue weighted by Gasteiger charge is 2.31. The molecule has 1 saturated heterocycles. The van der Waals surface area contributed by atoms with Crippen LogP contribution in [0.15, 0.2) is 47.5 Å². The van der Waals surface area contributed by atoms with E-state index in [9.17, 15) is 8.78 Å². The number of hydrogen-bond acceptors (Lipinski definition) is 5. The van der Waals surface area contributed by atoms with Crippen molar-refractivity contribution in [3.8, 4) is 11.3 Å². The molecule has 0 saturated carbocycles. The summed E-state index contributed by atoms with van der Waals surface area (Å²) in [6, 6.07) is 10.1. The lowest BCUT2D eigenvalue weighted by atomic mass is 10.0. The molecule has 0 bridgehead atoms. The van der Waals surface area contributed by atoms with E-state index >= 15 is 0 Å². The predicted molar refractivity (Wildman–Crippen MR) is 124 cm³/mol. The van der Waals surface area contributed by atoms with Crippen molar-refractivity contribution in [3.63, 3.8) is 0 Å². The van der Waals surface area contributed by atoms with Gasteiger partial charge in [-0.05, 0) is 55.5 Å². The molecule has 1 aromatic carbocycles. The Morgan fingerprint density at radius 2 is 2.13 bits per heavy atom. The Labute approximate surface area is 185 Å². The lowest BCUT2D eigenvalue weighted by Crippen LogP contribution is -2.51. The van der Waals surface area contributed by atoms with Gasteiger partial charge in [0.25, 0.3) is 0 Å². The molecule has 0 aromatic heterocycles. The summed E-state index contributed by atoms with van der Waals surface area (Å²) in [5.41, 5.74) is 6.15. The van der Waals surface area contributed by atoms with Gasteiger partial charge in [0.2, 0.25) is 0 Å². The molecule has 2 N–H and O–H groups in total. The Morgan fingerprint density at radius 3 is 3.00 bits per heavy atom. The fourth-order valence-corrected chi connectivity index (χ4v) is 5.12. The first-order chi connectivity index (χ1) is 15.1. The maximum atomic E-state index is 14.0. The van der Waals surface area contributed by atoms with Crippen molar-refractivity contribution in [3.05, 3.63) is 70.3 Å². The highest BCUT2D eigenvalue weighted by Crippen LogP contribution is 2.50. The van der Waals surface area contributed by atoms with Gasteiger partial charge in [-0.1, -0.05) is 18.2 Å². The number of anilines is 2. The number of piperazine rings is 1. The molecule has 1 aromatic rings. The van der Waals surface area contributed by atoms with Crippen molar-refractivity contribution in [2.45, 2.75) is 25.8 Å². The summed E-state index contributed by atoms with van der Waals surface area (Å²) in [6.45, 7) is 4.65. The predicted octanol–water partition coefficient (Wildman–Crippen LogP) is 5.31. The van der Waals surface area contributed by atoms with Crippen LogP contribution in [0.1, 0.15) is 24.5 Å². The van der Waals surface area contributed by atoms with Crippen LogP contribution in [0.2, 0.25) is 0 Å². The number of aryl methyl sites for hydroxylation is 1. The van der Waals surface area contributed by atoms with Crippen LogP contribution >= 0.6 is 11.9 Å². The highest BCUT2D eigenvalue weighted by molar-refractivity contribution is 8.04. The molecule has 5 rings (SSSR count). The topological polar surface area (TPSA) is 40.2 Å². The number of halogens is 2. The average molecular weight is 439 g/mol. The van der Waals surface area contributed by atoms with Gasteiger partial charge in [-0.2, -0.15) is 0 Å². The third-order valence-corrected chi connectivity index (χ3v) is 6.69. The van der Waals surface area contributed by atoms with Gasteiger partial charge in [0, 0.05) is 54.0 Å². The van der Waals surface area contributed by atoms with Crippen LogP contribution in [-0.4, -0.2) is 30.7 Å². The number of benzene rings is 1. The molecule has 3 heterocycles. The van der Waals surface area contributed by atoms with Gasteiger partial charge in [-0.3, -0.25) is 4.98 Å². The zero-order valence-corrected chi connectivity index (χ0v) is 18.1. The normalized spacial score (nSPS) is 18.5. The smallest absolute Gasteiger partial charge is 0.129 e. The standard InChI is InChI=1S/C24H24F2N4S/c1-15-12-20-22(29-31-15)19-4-2-3-9-28-23(19)24(20)30-11-10-27-18(14-30)8-6-16-5-7-17(25)13-21(16)26/h2-5,7,9,12-13,18,27,29H,6,8,10-11,14H2,1H3/t18-/m0/s1. The molecule has 31 heavy (non-hydrogen) atoms. The second kappa shape index (κ2) is 8.48. The van der Waals surface area contributed by atoms with E-state index in [4.69, 9.17) is 4.98 Å². The molecule has 0 radical (unpaired) electrons. The van der Waals surface area contributed by atoms with Crippen molar-refractivity contribution in [2.24, 2.45) is 0 Å². The summed E-state index contributed by atoms with van der Waals surface area (Å²) in [6.07, 6.45) is 5.43. The van der Waals surface area contributed by atoms with E-state index in [2.05, 4.69) is 34.0 Å². The summed E-state index contributed by atoms with van der Waals surface area (Å²) in [7, 11) is 0. The number of rotatable bonds is 4. The van der Waals surface area contributed by atoms with Crippen molar-refractivity contribution in [1.82, 2.24) is 10.3 Å². The van der Waals surface area contributed by atoms with Crippen LogP contribution in [0.4, 0.5) is 20.2 Å². The molecular formula is C24H24F2N4S. The lowest BCUT2D eigenvalue weighted by Gasteiger charge is -2.36. The molecule has 1 atom stereocenters. The Balaban J connectivity index is 1.41. The first-order valence-electron chi connectivity index (χ1n) is 10.5. The molecule has 1 aliphatic carbocycles. The minimum Gasteiger partial charge on any atom is -0.366 e. The van der Waals surface area contributed by atoms with Crippen molar-refractivity contribution >= 4 is 29.4 Å². The second-order valence-corrected chi connectivity index (χ2v) is 9.11. The summed E-state index contributed by atoms with van der Waals surface area (Å²) >= 11 is 1.63. The number of aromatic nitrogens is 1. The van der Waals surface area contributed by atoms with Gasteiger partial charge in [0.1, 0.15) is 11.6 Å². The minimum atomic E-state index is -0.535. The third-order valence-electron chi connectivity index (χ3n) is 5.95. The molecule has 0 amide bonds. The Kier molecular flexibility index (Phi) is 5.54. The van der Waals surface area contributed by atoms with Crippen LogP contribution in [0.25, 0.3) is 17.3 Å². The molecule has 4 nitrogen and oxygen atoms in total. The Bertz CT molecular complexity index is 1120. The lowest BCUT2D eigenvalue weighted by molar-refractivity contribution is 0.431. The molecular weight excluding hydrogens is 414 g/mol. The van der Waals surface area contributed by atoms with Crippen LogP contribution < -0.4 is 14.9 Å². The minimum absolute atomic E-state index is 0.215. The summed E-state index contributed by atoms with van der Waals surface area (Å²) in [5.74, 6) is -1.00. The summed E-state index contributed by atoms with van der Waals surface area (Å²) in [4.78, 5) is 8.38. The van der Waals surface area contributed by atoms with Gasteiger partial charge in [-0.25, -0.2) is 8.78 Å². The zero-order chi connectivity index (χ0) is 21.4. The fraction of sp³-hybridized carbons (Fsp3) is 0.292. The summed E-state index contributed by atoms with van der Waals surface area (Å²) in [5, 5.41) is 3.56. The van der Waals surface area contributed by atoms with E-state index < -0.39 is 11.6 Å². The molecule has 7 heteroatoms. The fourth-order valence-electron chi connectivity index (χ4n) is 4.46. The van der Waals surface area contributed by atoms with E-state index in [0.717, 1.165) is 54.8 Å². The number of fused-ring (bicyclic) bond motifs is 3. The van der Waals surface area contributed by atoms with Crippen molar-refractivity contribution in [2.75, 3.05) is 29.3 Å². The quantitative estimate of drug-likeness (QED) is 0.540. The van der Waals surface area contributed by atoms with Gasteiger partial charge >= 0.3 is 0 Å². The monoisotopic (exact) mass is 438 g/mol. The zero-order valence-electron chi connectivity index (χ0n) is 17.3. The average Bonchev–Trinajstić information content (AvgIpc) is 2.88. The number of nitrogens with one attached hydrogen (secondary N) is 2. The van der Waals surface area contributed by atoms with E-state index in [-0.39, 0.29) is 6.04 Å². The largest absolute Gasteiger partial charge is 0.366 e. The molecule has 3 aliphatic heterocycles. The van der Waals surface area contributed by atoms with E-state index in [1.165, 1.54) is 16.5 Å². The van der Waals surface area contributed by atoms with E-state index in [0.29, 0.717) is 12.0 Å². The number of allylic oxidation sites excluding steroid dienone is 1. The van der Waals surface area contributed by atoms with Crippen molar-refractivity contribution in [1.29, 1.82) is 0 Å². The number of nitrogens with zero attached hydrogens (tertiary/aromatic N) is 2. The SMILES string of the molecule is CC1=Cc2c(c3ccccnc-3c2N2CCN[C@@H](CCc3ccc(F)cc3F)C2)NS1. The van der Waals surface area contributed by atoms with Crippen LogP contribution in [0.5, 0.6) is 0 Å². The summed E-state index contributed by atoms with van der Waals surface area (Å²) < 4.78 is 30.7. The maximum absolute atomic E-state index is 14.0. The van der Waals surface area contributed by atoms with Gasteiger partial charge in [0.05, 0.1) is 17.1 Å². The molecule has 160 valence electrons. The molecule has 4 aliphatic rings. The maximum Gasteiger partial charge on any atom is 0.129 e. The van der Waals surface area contributed by atoms with Gasteiger partial charge < -0.3 is 14.9 Å². The van der Waals surface area contributed by atoms with Gasteiger partial charge in [-0.15, -0.1) is 0 Å². The Morgan fingerprint density at radius 1 is 1.23 bits per heavy atom. The van der Waals surface area contributed by atoms with Crippen LogP contribution in [0, 0.1) is 11.6 Å². The van der Waals surface area contributed by atoms with Crippen LogP contribution in [0.3, 0.4) is 0 Å². The van der Waals surface area contributed by atoms with Crippen molar-refractivity contribution < 1.29 is 8.78 Å². The first-order valence-corrected chi connectivity index (χ1v) is 11.4. The highest BCUT2D eigenvalue weighted by atomic mass is 32.2. The molecule has 0 spiro atoms. The second-order valence-electron chi connectivity index (χ2n) is 8.06. The third kappa shape index (κ3) is 4.00. The van der Waals surface area contributed by atoms with Gasteiger partial charge in [0.15, 0.2) is 0 Å². The number of hydrogen-bond donors (Lipinski definition) is 2.